The number of aromatic nitrogens is 2. The quantitative estimate of drug-likeness (QED) is 0.750. The van der Waals surface area contributed by atoms with Crippen molar-refractivity contribution in [2.45, 2.75) is 33.1 Å². The van der Waals surface area contributed by atoms with Crippen LogP contribution in [0.15, 0.2) is 42.7 Å². The van der Waals surface area contributed by atoms with E-state index in [4.69, 9.17) is 0 Å². The van der Waals surface area contributed by atoms with Gasteiger partial charge in [-0.2, -0.15) is 0 Å². The van der Waals surface area contributed by atoms with E-state index in [9.17, 15) is 4.79 Å². The summed E-state index contributed by atoms with van der Waals surface area (Å²) < 4.78 is 2.21. The predicted molar refractivity (Wildman–Crippen MR) is 102 cm³/mol. The molecule has 0 saturated heterocycles. The zero-order chi connectivity index (χ0) is 17.8. The molecule has 0 saturated carbocycles. The van der Waals surface area contributed by atoms with E-state index in [2.05, 4.69) is 54.0 Å². The summed E-state index contributed by atoms with van der Waals surface area (Å²) in [7, 11) is 2.09. The average Bonchev–Trinajstić information content (AvgIpc) is 2.84. The molecule has 25 heavy (non-hydrogen) atoms. The van der Waals surface area contributed by atoms with E-state index in [0.29, 0.717) is 13.0 Å². The summed E-state index contributed by atoms with van der Waals surface area (Å²) in [6, 6.07) is 10.5. The molecule has 0 unspecified atom stereocenters. The highest BCUT2D eigenvalue weighted by atomic mass is 16.1. The number of carbonyl (C=O) groups is 1. The number of hydrogen-bond donors (Lipinski definition) is 1. The smallest absolute Gasteiger partial charge is 0.220 e. The second-order valence-electron chi connectivity index (χ2n) is 6.60. The van der Waals surface area contributed by atoms with Gasteiger partial charge in [0.1, 0.15) is 0 Å². The van der Waals surface area contributed by atoms with Crippen molar-refractivity contribution >= 4 is 16.8 Å². The standard InChI is InChI=1S/C21H25N3O/c1-15-4-6-20-19(14-15)18(16(2)24(20)3)5-7-21(25)23-13-10-17-8-11-22-12-9-17/h4,6,8-9,11-12,14H,5,7,10,13H2,1-3H3,(H,23,25). The molecule has 0 bridgehead atoms. The van der Waals surface area contributed by atoms with Crippen molar-refractivity contribution in [3.63, 3.8) is 0 Å². The molecule has 0 spiro atoms. The van der Waals surface area contributed by atoms with E-state index in [-0.39, 0.29) is 5.91 Å². The Hall–Kier alpha value is -2.62. The zero-order valence-corrected chi connectivity index (χ0v) is 15.2. The van der Waals surface area contributed by atoms with Gasteiger partial charge in [-0.3, -0.25) is 9.78 Å². The summed E-state index contributed by atoms with van der Waals surface area (Å²) in [5, 5.41) is 4.29. The van der Waals surface area contributed by atoms with E-state index >= 15 is 0 Å². The van der Waals surface area contributed by atoms with Crippen LogP contribution in [0.2, 0.25) is 0 Å². The Labute approximate surface area is 148 Å². The minimum atomic E-state index is 0.109. The molecule has 0 aliphatic heterocycles. The van der Waals surface area contributed by atoms with Gasteiger partial charge >= 0.3 is 0 Å². The fourth-order valence-electron chi connectivity index (χ4n) is 3.30. The minimum absolute atomic E-state index is 0.109. The summed E-state index contributed by atoms with van der Waals surface area (Å²) in [5.74, 6) is 0.109. The number of amides is 1. The summed E-state index contributed by atoms with van der Waals surface area (Å²) in [6.07, 6.45) is 5.68. The first-order chi connectivity index (χ1) is 12.1. The molecule has 0 fully saturated rings. The maximum Gasteiger partial charge on any atom is 0.220 e. The molecule has 2 aromatic heterocycles. The topological polar surface area (TPSA) is 46.9 Å². The van der Waals surface area contributed by atoms with Gasteiger partial charge in [-0.25, -0.2) is 0 Å². The highest BCUT2D eigenvalue weighted by molar-refractivity contribution is 5.87. The second-order valence-corrected chi connectivity index (χ2v) is 6.60. The highest BCUT2D eigenvalue weighted by Gasteiger charge is 2.13. The molecule has 2 heterocycles. The SMILES string of the molecule is Cc1ccc2c(c1)c(CCC(=O)NCCc1ccncc1)c(C)n2C. The zero-order valence-electron chi connectivity index (χ0n) is 15.2. The van der Waals surface area contributed by atoms with E-state index < -0.39 is 0 Å². The van der Waals surface area contributed by atoms with Gasteiger partial charge in [0.15, 0.2) is 0 Å². The summed E-state index contributed by atoms with van der Waals surface area (Å²) in [5.41, 5.74) is 6.20. The van der Waals surface area contributed by atoms with Crippen molar-refractivity contribution < 1.29 is 4.79 Å². The lowest BCUT2D eigenvalue weighted by molar-refractivity contribution is -0.121. The molecule has 0 aliphatic carbocycles. The van der Waals surface area contributed by atoms with Crippen LogP contribution < -0.4 is 5.32 Å². The predicted octanol–water partition coefficient (Wildman–Crippen LogP) is 3.48. The largest absolute Gasteiger partial charge is 0.356 e. The van der Waals surface area contributed by atoms with E-state index in [1.54, 1.807) is 12.4 Å². The molecule has 3 rings (SSSR count). The van der Waals surface area contributed by atoms with Crippen LogP contribution in [0.3, 0.4) is 0 Å². The van der Waals surface area contributed by atoms with Gasteiger partial charge < -0.3 is 9.88 Å². The van der Waals surface area contributed by atoms with E-state index in [0.717, 1.165) is 12.8 Å². The number of benzene rings is 1. The van der Waals surface area contributed by atoms with Gasteiger partial charge in [0, 0.05) is 49.0 Å². The lowest BCUT2D eigenvalue weighted by Gasteiger charge is -2.06. The van der Waals surface area contributed by atoms with Crippen LogP contribution in [0.25, 0.3) is 10.9 Å². The van der Waals surface area contributed by atoms with Crippen LogP contribution in [-0.2, 0) is 24.7 Å². The van der Waals surface area contributed by atoms with Gasteiger partial charge in [-0.05, 0) is 62.1 Å². The van der Waals surface area contributed by atoms with Crippen molar-refractivity contribution in [3.05, 3.63) is 65.1 Å². The molecule has 3 aromatic rings. The van der Waals surface area contributed by atoms with Crippen LogP contribution in [0.1, 0.15) is 28.8 Å². The molecule has 0 atom stereocenters. The number of nitrogens with zero attached hydrogens (tertiary/aromatic N) is 2. The second kappa shape index (κ2) is 7.51. The molecule has 4 heteroatoms. The molecule has 1 aromatic carbocycles. The van der Waals surface area contributed by atoms with Gasteiger partial charge in [0.05, 0.1) is 0 Å². The molecule has 130 valence electrons. The lowest BCUT2D eigenvalue weighted by atomic mass is 10.0. The third kappa shape index (κ3) is 3.90. The van der Waals surface area contributed by atoms with Crippen LogP contribution in [0.5, 0.6) is 0 Å². The molecule has 0 aliphatic rings. The monoisotopic (exact) mass is 335 g/mol. The Bertz CT molecular complexity index is 881. The number of rotatable bonds is 6. The van der Waals surface area contributed by atoms with Gasteiger partial charge in [0.2, 0.25) is 5.91 Å². The Morgan fingerprint density at radius 3 is 2.64 bits per heavy atom. The van der Waals surface area contributed by atoms with Crippen LogP contribution in [0, 0.1) is 13.8 Å². The van der Waals surface area contributed by atoms with Crippen molar-refractivity contribution in [2.75, 3.05) is 6.54 Å². The van der Waals surface area contributed by atoms with Gasteiger partial charge in [-0.1, -0.05) is 11.6 Å². The Kier molecular flexibility index (Phi) is 5.17. The summed E-state index contributed by atoms with van der Waals surface area (Å²) in [6.45, 7) is 4.90. The van der Waals surface area contributed by atoms with Crippen LogP contribution in [-0.4, -0.2) is 22.0 Å². The highest BCUT2D eigenvalue weighted by Crippen LogP contribution is 2.27. The average molecular weight is 335 g/mol. The summed E-state index contributed by atoms with van der Waals surface area (Å²) >= 11 is 0. The van der Waals surface area contributed by atoms with Crippen molar-refractivity contribution in [1.29, 1.82) is 0 Å². The number of carbonyl (C=O) groups excluding carboxylic acids is 1. The van der Waals surface area contributed by atoms with Crippen molar-refractivity contribution in [1.82, 2.24) is 14.9 Å². The molecular weight excluding hydrogens is 310 g/mol. The lowest BCUT2D eigenvalue weighted by Crippen LogP contribution is -2.25. The fraction of sp³-hybridized carbons (Fsp3) is 0.333. The first kappa shape index (κ1) is 17.2. The van der Waals surface area contributed by atoms with E-state index in [1.807, 2.05) is 12.1 Å². The van der Waals surface area contributed by atoms with E-state index in [1.165, 1.54) is 33.3 Å². The van der Waals surface area contributed by atoms with Gasteiger partial charge in [0.25, 0.3) is 0 Å². The maximum absolute atomic E-state index is 12.2. The Morgan fingerprint density at radius 2 is 1.88 bits per heavy atom. The third-order valence-corrected chi connectivity index (χ3v) is 4.87. The minimum Gasteiger partial charge on any atom is -0.356 e. The van der Waals surface area contributed by atoms with Crippen LogP contribution in [0.4, 0.5) is 0 Å². The Morgan fingerprint density at radius 1 is 1.12 bits per heavy atom. The fourth-order valence-corrected chi connectivity index (χ4v) is 3.30. The third-order valence-electron chi connectivity index (χ3n) is 4.87. The Balaban J connectivity index is 1.60. The number of hydrogen-bond acceptors (Lipinski definition) is 2. The molecule has 0 radical (unpaired) electrons. The van der Waals surface area contributed by atoms with Crippen molar-refractivity contribution in [3.8, 4) is 0 Å². The van der Waals surface area contributed by atoms with Crippen LogP contribution >= 0.6 is 0 Å². The molecule has 4 nitrogen and oxygen atoms in total. The molecule has 1 N–H and O–H groups in total. The number of nitrogens with one attached hydrogen (secondary N) is 1. The number of aryl methyl sites for hydroxylation is 3. The van der Waals surface area contributed by atoms with Crippen molar-refractivity contribution in [2.24, 2.45) is 7.05 Å². The molecule has 1 amide bonds. The maximum atomic E-state index is 12.2. The summed E-state index contributed by atoms with van der Waals surface area (Å²) in [4.78, 5) is 16.2. The number of pyridine rings is 1. The normalized spacial score (nSPS) is 11.0. The number of fused-ring (bicyclic) bond motifs is 1. The van der Waals surface area contributed by atoms with Gasteiger partial charge in [-0.15, -0.1) is 0 Å². The molecular formula is C21H25N3O. The first-order valence-electron chi connectivity index (χ1n) is 8.76. The first-order valence-corrected chi connectivity index (χ1v) is 8.76.